The molecule has 0 aromatic heterocycles. The van der Waals surface area contributed by atoms with Crippen LogP contribution in [0.4, 0.5) is 0 Å². The molecule has 0 aromatic carbocycles. The predicted molar refractivity (Wildman–Crippen MR) is 73.8 cm³/mol. The van der Waals surface area contributed by atoms with Crippen molar-refractivity contribution in [2.24, 2.45) is 11.3 Å². The summed E-state index contributed by atoms with van der Waals surface area (Å²) in [5.41, 5.74) is 3.39. The third-order valence-electron chi connectivity index (χ3n) is 2.68. The van der Waals surface area contributed by atoms with Crippen LogP contribution in [0.25, 0.3) is 0 Å². The number of nitrogens with zero attached hydrogens (tertiary/aromatic N) is 1. The predicted octanol–water partition coefficient (Wildman–Crippen LogP) is 2.86. The molecular weight excluding hydrogens is 303 g/mol. The second kappa shape index (κ2) is 7.81. The summed E-state index contributed by atoms with van der Waals surface area (Å²) in [5.74, 6) is 0.616. The molecule has 0 bridgehead atoms. The van der Waals surface area contributed by atoms with E-state index in [-0.39, 0.29) is 0 Å². The van der Waals surface area contributed by atoms with E-state index in [1.54, 1.807) is 0 Å². The van der Waals surface area contributed by atoms with Crippen molar-refractivity contribution in [3.8, 4) is 0 Å². The van der Waals surface area contributed by atoms with E-state index >= 15 is 0 Å². The van der Waals surface area contributed by atoms with Crippen LogP contribution in [-0.4, -0.2) is 29.9 Å². The topological polar surface area (TPSA) is 24.5 Å². The normalized spacial score (nSPS) is 14.6. The quantitative estimate of drug-likeness (QED) is 0.337. The maximum atomic E-state index is 5.37. The molecule has 0 saturated carbocycles. The number of hydroxylamine groups is 1. The van der Waals surface area contributed by atoms with Gasteiger partial charge in [-0.2, -0.15) is 0 Å². The van der Waals surface area contributed by atoms with Gasteiger partial charge < -0.3 is 4.84 Å². The smallest absolute Gasteiger partial charge is 0.0694 e. The summed E-state index contributed by atoms with van der Waals surface area (Å²) in [4.78, 5) is 5.37. The van der Waals surface area contributed by atoms with Crippen LogP contribution in [0.15, 0.2) is 0 Å². The van der Waals surface area contributed by atoms with Gasteiger partial charge in [0.05, 0.1) is 6.61 Å². The number of hydrogen-bond acceptors (Lipinski definition) is 3. The molecule has 0 radical (unpaired) electrons. The molecule has 0 heterocycles. The van der Waals surface area contributed by atoms with Crippen molar-refractivity contribution in [2.45, 2.75) is 34.1 Å². The molecule has 15 heavy (non-hydrogen) atoms. The Morgan fingerprint density at radius 1 is 1.40 bits per heavy atom. The third kappa shape index (κ3) is 9.53. The molecule has 0 amide bonds. The zero-order chi connectivity index (χ0) is 11.9. The standard InChI is InChI=1S/C11H25IN2O/c1-10(11(2,3)4)9-13-15-8-6-7-14(5)12/h10,13H,6-9H2,1-5H3. The molecule has 0 rings (SSSR count). The van der Waals surface area contributed by atoms with Crippen LogP contribution in [0, 0.1) is 11.3 Å². The van der Waals surface area contributed by atoms with E-state index in [1.165, 1.54) is 0 Å². The first-order valence-electron chi connectivity index (χ1n) is 5.55. The first-order valence-corrected chi connectivity index (χ1v) is 6.52. The summed E-state index contributed by atoms with van der Waals surface area (Å²) < 4.78 is 2.14. The summed E-state index contributed by atoms with van der Waals surface area (Å²) in [6.45, 7) is 11.8. The van der Waals surface area contributed by atoms with Gasteiger partial charge in [0.2, 0.25) is 0 Å². The highest BCUT2D eigenvalue weighted by Gasteiger charge is 2.19. The fourth-order valence-electron chi connectivity index (χ4n) is 0.917. The van der Waals surface area contributed by atoms with Gasteiger partial charge in [-0.15, -0.1) is 0 Å². The van der Waals surface area contributed by atoms with Gasteiger partial charge in [-0.25, -0.2) is 5.48 Å². The lowest BCUT2D eigenvalue weighted by atomic mass is 9.82. The molecule has 0 saturated heterocycles. The second-order valence-corrected chi connectivity index (χ2v) is 6.79. The minimum Gasteiger partial charge on any atom is -0.302 e. The summed E-state index contributed by atoms with van der Waals surface area (Å²) >= 11 is 2.28. The lowest BCUT2D eigenvalue weighted by Gasteiger charge is -2.27. The minimum atomic E-state index is 0.346. The maximum Gasteiger partial charge on any atom is 0.0694 e. The molecule has 0 aliphatic heterocycles. The number of hydrogen-bond donors (Lipinski definition) is 1. The largest absolute Gasteiger partial charge is 0.302 e. The zero-order valence-electron chi connectivity index (χ0n) is 10.6. The second-order valence-electron chi connectivity index (χ2n) is 5.15. The van der Waals surface area contributed by atoms with Crippen LogP contribution in [-0.2, 0) is 4.84 Å². The SMILES string of the molecule is CC(CNOCCCN(C)I)C(C)(C)C. The van der Waals surface area contributed by atoms with Crippen LogP contribution in [0.1, 0.15) is 34.1 Å². The molecule has 1 N–H and O–H groups in total. The van der Waals surface area contributed by atoms with E-state index in [0.717, 1.165) is 26.1 Å². The molecule has 0 fully saturated rings. The van der Waals surface area contributed by atoms with Gasteiger partial charge in [0.1, 0.15) is 0 Å². The summed E-state index contributed by atoms with van der Waals surface area (Å²) in [7, 11) is 2.07. The molecule has 4 heteroatoms. The Hall–Kier alpha value is 0.610. The maximum absolute atomic E-state index is 5.37. The van der Waals surface area contributed by atoms with E-state index in [2.05, 4.69) is 66.2 Å². The Bertz CT molecular complexity index is 157. The monoisotopic (exact) mass is 328 g/mol. The van der Waals surface area contributed by atoms with E-state index in [4.69, 9.17) is 4.84 Å². The van der Waals surface area contributed by atoms with Crippen molar-refractivity contribution in [1.82, 2.24) is 8.59 Å². The Kier molecular flexibility index (Phi) is 8.13. The zero-order valence-corrected chi connectivity index (χ0v) is 12.8. The van der Waals surface area contributed by atoms with Crippen LogP contribution in [0.5, 0.6) is 0 Å². The minimum absolute atomic E-state index is 0.346. The molecule has 0 aliphatic carbocycles. The van der Waals surface area contributed by atoms with Crippen molar-refractivity contribution in [2.75, 3.05) is 26.7 Å². The molecule has 0 aromatic rings. The molecule has 0 spiro atoms. The number of nitrogens with one attached hydrogen (secondary N) is 1. The van der Waals surface area contributed by atoms with E-state index < -0.39 is 0 Å². The van der Waals surface area contributed by atoms with Crippen molar-refractivity contribution in [1.29, 1.82) is 0 Å². The van der Waals surface area contributed by atoms with Gasteiger partial charge in [-0.3, -0.25) is 3.11 Å². The lowest BCUT2D eigenvalue weighted by molar-refractivity contribution is 0.0208. The molecule has 1 atom stereocenters. The average molecular weight is 328 g/mol. The van der Waals surface area contributed by atoms with Gasteiger partial charge in [-0.05, 0) is 24.8 Å². The summed E-state index contributed by atoms with van der Waals surface area (Å²) in [5, 5.41) is 0. The first-order chi connectivity index (χ1) is 6.84. The van der Waals surface area contributed by atoms with Crippen molar-refractivity contribution in [3.05, 3.63) is 0 Å². The van der Waals surface area contributed by atoms with E-state index in [1.807, 2.05) is 0 Å². The summed E-state index contributed by atoms with van der Waals surface area (Å²) in [6, 6.07) is 0. The van der Waals surface area contributed by atoms with Crippen molar-refractivity contribution < 1.29 is 4.84 Å². The highest BCUT2D eigenvalue weighted by atomic mass is 127. The number of rotatable bonds is 7. The van der Waals surface area contributed by atoms with Gasteiger partial charge in [0.25, 0.3) is 0 Å². The highest BCUT2D eigenvalue weighted by molar-refractivity contribution is 14.1. The fraction of sp³-hybridized carbons (Fsp3) is 1.00. The highest BCUT2D eigenvalue weighted by Crippen LogP contribution is 2.24. The van der Waals surface area contributed by atoms with Crippen LogP contribution >= 0.6 is 22.9 Å². The van der Waals surface area contributed by atoms with Crippen LogP contribution < -0.4 is 5.48 Å². The lowest BCUT2D eigenvalue weighted by Crippen LogP contribution is -2.30. The van der Waals surface area contributed by atoms with Crippen LogP contribution in [0.3, 0.4) is 0 Å². The Labute approximate surface area is 108 Å². The van der Waals surface area contributed by atoms with E-state index in [9.17, 15) is 0 Å². The molecule has 3 nitrogen and oxygen atoms in total. The average Bonchev–Trinajstić information content (AvgIpc) is 2.08. The molecule has 1 unspecified atom stereocenters. The van der Waals surface area contributed by atoms with Gasteiger partial charge in [-0.1, -0.05) is 27.7 Å². The fourth-order valence-corrected chi connectivity index (χ4v) is 1.26. The third-order valence-corrected chi connectivity index (χ3v) is 3.17. The Morgan fingerprint density at radius 2 is 2.00 bits per heavy atom. The molecule has 92 valence electrons. The van der Waals surface area contributed by atoms with Gasteiger partial charge in [0.15, 0.2) is 0 Å². The Balaban J connectivity index is 3.32. The molecule has 0 aliphatic rings. The molecular formula is C11H25IN2O. The van der Waals surface area contributed by atoms with Gasteiger partial charge in [0, 0.05) is 36.0 Å². The first kappa shape index (κ1) is 15.6. The summed E-state index contributed by atoms with van der Waals surface area (Å²) in [6.07, 6.45) is 1.07. The van der Waals surface area contributed by atoms with Crippen molar-refractivity contribution in [3.63, 3.8) is 0 Å². The number of halogens is 1. The van der Waals surface area contributed by atoms with Crippen molar-refractivity contribution >= 4 is 22.9 Å². The van der Waals surface area contributed by atoms with Crippen LogP contribution in [0.2, 0.25) is 0 Å². The van der Waals surface area contributed by atoms with E-state index in [0.29, 0.717) is 11.3 Å². The van der Waals surface area contributed by atoms with Gasteiger partial charge >= 0.3 is 0 Å². The Morgan fingerprint density at radius 3 is 2.47 bits per heavy atom.